The molecule has 8 nitrogen and oxygen atoms in total. The van der Waals surface area contributed by atoms with Gasteiger partial charge in [0.15, 0.2) is 5.16 Å². The Bertz CT molecular complexity index is 809. The van der Waals surface area contributed by atoms with Crippen molar-refractivity contribution in [3.8, 4) is 5.75 Å². The van der Waals surface area contributed by atoms with Crippen molar-refractivity contribution in [3.63, 3.8) is 0 Å². The van der Waals surface area contributed by atoms with Crippen LogP contribution in [0.2, 0.25) is 0 Å². The zero-order valence-corrected chi connectivity index (χ0v) is 15.8. The van der Waals surface area contributed by atoms with Crippen molar-refractivity contribution in [2.75, 3.05) is 30.9 Å². The summed E-state index contributed by atoms with van der Waals surface area (Å²) < 4.78 is 6.98. The number of carbonyl (C=O) groups is 2. The van der Waals surface area contributed by atoms with E-state index in [0.717, 1.165) is 5.69 Å². The number of anilines is 1. The van der Waals surface area contributed by atoms with E-state index in [0.29, 0.717) is 24.0 Å². The van der Waals surface area contributed by atoms with E-state index in [1.54, 1.807) is 34.7 Å². The van der Waals surface area contributed by atoms with Gasteiger partial charge in [-0.3, -0.25) is 9.59 Å². The molecule has 0 radical (unpaired) electrons. The quantitative estimate of drug-likeness (QED) is 0.730. The fraction of sp³-hybridized carbons (Fsp3) is 0.412. The zero-order valence-electron chi connectivity index (χ0n) is 15.0. The number of ether oxygens (including phenoxy) is 1. The van der Waals surface area contributed by atoms with Gasteiger partial charge in [0.25, 0.3) is 0 Å². The first kappa shape index (κ1) is 18.2. The molecule has 0 N–H and O–H groups in total. The summed E-state index contributed by atoms with van der Waals surface area (Å²) in [6, 6.07) is 6.87. The summed E-state index contributed by atoms with van der Waals surface area (Å²) in [5.41, 5.74) is 0.779. The van der Waals surface area contributed by atoms with Crippen LogP contribution in [0.4, 0.5) is 5.69 Å². The number of methoxy groups -OCH3 is 1. The Balaban J connectivity index is 1.65. The maximum absolute atomic E-state index is 12.8. The van der Waals surface area contributed by atoms with Crippen molar-refractivity contribution in [3.05, 3.63) is 30.6 Å². The second-order valence-corrected chi connectivity index (χ2v) is 6.91. The number of carbonyl (C=O) groups excluding carboxylic acids is 2. The van der Waals surface area contributed by atoms with Crippen molar-refractivity contribution in [2.45, 2.75) is 18.1 Å². The van der Waals surface area contributed by atoms with Gasteiger partial charge in [-0.15, -0.1) is 10.2 Å². The molecule has 2 heterocycles. The predicted octanol–water partition coefficient (Wildman–Crippen LogP) is 1.18. The summed E-state index contributed by atoms with van der Waals surface area (Å²) in [5, 5.41) is 8.42. The molecule has 1 unspecified atom stereocenters. The van der Waals surface area contributed by atoms with E-state index in [1.165, 1.54) is 11.8 Å². The monoisotopic (exact) mass is 375 g/mol. The Labute approximate surface area is 156 Å². The molecule has 26 heavy (non-hydrogen) atoms. The molecule has 9 heteroatoms. The number of piperazine rings is 1. The van der Waals surface area contributed by atoms with Gasteiger partial charge in [0.2, 0.25) is 11.8 Å². The maximum Gasteiger partial charge on any atom is 0.249 e. The van der Waals surface area contributed by atoms with E-state index >= 15 is 0 Å². The van der Waals surface area contributed by atoms with Gasteiger partial charge in [-0.1, -0.05) is 17.8 Å². The number of benzene rings is 1. The molecule has 0 aliphatic carbocycles. The summed E-state index contributed by atoms with van der Waals surface area (Å²) in [5.74, 6) is 0.746. The second-order valence-electron chi connectivity index (χ2n) is 5.97. The SMILES string of the molecule is COc1cccc(N2CCN(C(=O)CSc3nncn3C)C(C)C2=O)c1. The number of hydrogen-bond donors (Lipinski definition) is 0. The Morgan fingerprint density at radius 1 is 1.38 bits per heavy atom. The summed E-state index contributed by atoms with van der Waals surface area (Å²) in [6.07, 6.45) is 1.59. The highest BCUT2D eigenvalue weighted by Crippen LogP contribution is 2.25. The Morgan fingerprint density at radius 2 is 2.19 bits per heavy atom. The standard InChI is InChI=1S/C17H21N5O3S/c1-12-16(24)22(13-5-4-6-14(9-13)25-3)8-7-21(12)15(23)10-26-17-19-18-11-20(17)2/h4-6,9,11-12H,7-8,10H2,1-3H3. The molecule has 0 saturated carbocycles. The molecule has 1 fully saturated rings. The van der Waals surface area contributed by atoms with Crippen LogP contribution in [0.15, 0.2) is 35.7 Å². The van der Waals surface area contributed by atoms with Crippen LogP contribution < -0.4 is 9.64 Å². The van der Waals surface area contributed by atoms with Crippen LogP contribution in [0.25, 0.3) is 0 Å². The van der Waals surface area contributed by atoms with Gasteiger partial charge in [-0.25, -0.2) is 0 Å². The summed E-state index contributed by atoms with van der Waals surface area (Å²) >= 11 is 1.32. The molecule has 1 atom stereocenters. The largest absolute Gasteiger partial charge is 0.497 e. The average Bonchev–Trinajstić information content (AvgIpc) is 3.07. The van der Waals surface area contributed by atoms with E-state index in [9.17, 15) is 9.59 Å². The minimum Gasteiger partial charge on any atom is -0.497 e. The topological polar surface area (TPSA) is 80.6 Å². The van der Waals surface area contributed by atoms with E-state index < -0.39 is 6.04 Å². The first-order valence-corrected chi connectivity index (χ1v) is 9.21. The van der Waals surface area contributed by atoms with E-state index in [1.807, 2.05) is 31.3 Å². The molecule has 0 bridgehead atoms. The van der Waals surface area contributed by atoms with Crippen LogP contribution in [-0.2, 0) is 16.6 Å². The minimum atomic E-state index is -0.512. The molecule has 138 valence electrons. The number of thioether (sulfide) groups is 1. The van der Waals surface area contributed by atoms with Crippen molar-refractivity contribution in [2.24, 2.45) is 7.05 Å². The first-order valence-electron chi connectivity index (χ1n) is 8.23. The molecular weight excluding hydrogens is 354 g/mol. The van der Waals surface area contributed by atoms with E-state index in [4.69, 9.17) is 4.74 Å². The summed E-state index contributed by atoms with van der Waals surface area (Å²) in [6.45, 7) is 2.71. The summed E-state index contributed by atoms with van der Waals surface area (Å²) in [7, 11) is 3.42. The lowest BCUT2D eigenvalue weighted by Crippen LogP contribution is -2.58. The average molecular weight is 375 g/mol. The second kappa shape index (κ2) is 7.77. The van der Waals surface area contributed by atoms with Crippen molar-refractivity contribution in [1.29, 1.82) is 0 Å². The normalized spacial score (nSPS) is 17.5. The Morgan fingerprint density at radius 3 is 2.88 bits per heavy atom. The fourth-order valence-corrected chi connectivity index (χ4v) is 3.63. The van der Waals surface area contributed by atoms with Crippen LogP contribution in [0, 0.1) is 0 Å². The molecule has 1 aromatic heterocycles. The number of rotatable bonds is 5. The summed E-state index contributed by atoms with van der Waals surface area (Å²) in [4.78, 5) is 28.7. The maximum atomic E-state index is 12.8. The lowest BCUT2D eigenvalue weighted by molar-refractivity contribution is -0.138. The fourth-order valence-electron chi connectivity index (χ4n) is 2.86. The Hall–Kier alpha value is -2.55. The van der Waals surface area contributed by atoms with E-state index in [-0.39, 0.29) is 17.6 Å². The van der Waals surface area contributed by atoms with Crippen molar-refractivity contribution < 1.29 is 14.3 Å². The van der Waals surface area contributed by atoms with Crippen LogP contribution >= 0.6 is 11.8 Å². The van der Waals surface area contributed by atoms with Crippen molar-refractivity contribution >= 4 is 29.3 Å². The Kier molecular flexibility index (Phi) is 5.46. The minimum absolute atomic E-state index is 0.0795. The zero-order chi connectivity index (χ0) is 18.7. The number of amides is 2. The third-order valence-corrected chi connectivity index (χ3v) is 5.35. The van der Waals surface area contributed by atoms with Gasteiger partial charge in [0.1, 0.15) is 18.1 Å². The van der Waals surface area contributed by atoms with Gasteiger partial charge < -0.3 is 19.1 Å². The van der Waals surface area contributed by atoms with Crippen LogP contribution in [0.3, 0.4) is 0 Å². The van der Waals surface area contributed by atoms with Crippen LogP contribution in [0.5, 0.6) is 5.75 Å². The first-order chi connectivity index (χ1) is 12.5. The van der Waals surface area contributed by atoms with Gasteiger partial charge in [-0.05, 0) is 19.1 Å². The molecule has 1 aliphatic rings. The molecular formula is C17H21N5O3S. The highest BCUT2D eigenvalue weighted by atomic mass is 32.2. The highest BCUT2D eigenvalue weighted by molar-refractivity contribution is 7.99. The molecule has 1 aromatic carbocycles. The molecule has 2 amide bonds. The van der Waals surface area contributed by atoms with Gasteiger partial charge >= 0.3 is 0 Å². The molecule has 2 aromatic rings. The van der Waals surface area contributed by atoms with Gasteiger partial charge in [0, 0.05) is 31.9 Å². The molecule has 3 rings (SSSR count). The van der Waals surface area contributed by atoms with E-state index in [2.05, 4.69) is 10.2 Å². The predicted molar refractivity (Wildman–Crippen MR) is 98.2 cm³/mol. The smallest absolute Gasteiger partial charge is 0.249 e. The third kappa shape index (κ3) is 3.67. The number of nitrogens with zero attached hydrogens (tertiary/aromatic N) is 5. The van der Waals surface area contributed by atoms with Crippen molar-refractivity contribution in [1.82, 2.24) is 19.7 Å². The van der Waals surface area contributed by atoms with Crippen LogP contribution in [-0.4, -0.2) is 63.5 Å². The number of aromatic nitrogens is 3. The molecule has 1 saturated heterocycles. The van der Waals surface area contributed by atoms with Gasteiger partial charge in [0.05, 0.1) is 12.9 Å². The highest BCUT2D eigenvalue weighted by Gasteiger charge is 2.35. The van der Waals surface area contributed by atoms with Gasteiger partial charge in [-0.2, -0.15) is 0 Å². The molecule has 0 spiro atoms. The lowest BCUT2D eigenvalue weighted by Gasteiger charge is -2.39. The van der Waals surface area contributed by atoms with Crippen LogP contribution in [0.1, 0.15) is 6.92 Å². The third-order valence-electron chi connectivity index (χ3n) is 4.34. The lowest BCUT2D eigenvalue weighted by atomic mass is 10.1. The molecule has 1 aliphatic heterocycles. The number of aryl methyl sites for hydroxylation is 1. The number of hydrogen-bond acceptors (Lipinski definition) is 6.